The van der Waals surface area contributed by atoms with Gasteiger partial charge in [-0.3, -0.25) is 4.79 Å². The standard InChI is InChI=1S/C12H11NO4/c1-8-2-4-13(10(14)6-8)7-9-3-5-17-11(9)12(15)16/h2-6H,7H2,1H3,(H,15,16). The Bertz CT molecular complexity index is 609. The Kier molecular flexibility index (Phi) is 2.82. The summed E-state index contributed by atoms with van der Waals surface area (Å²) in [4.78, 5) is 22.5. The maximum Gasteiger partial charge on any atom is 0.372 e. The van der Waals surface area contributed by atoms with E-state index >= 15 is 0 Å². The highest BCUT2D eigenvalue weighted by molar-refractivity contribution is 5.86. The molecule has 0 bridgehead atoms. The molecule has 0 aliphatic rings. The minimum atomic E-state index is -1.13. The van der Waals surface area contributed by atoms with Gasteiger partial charge in [0.2, 0.25) is 5.76 Å². The second kappa shape index (κ2) is 4.29. The Labute approximate surface area is 96.9 Å². The van der Waals surface area contributed by atoms with Crippen LogP contribution in [0.15, 0.2) is 39.9 Å². The molecular weight excluding hydrogens is 222 g/mol. The highest BCUT2D eigenvalue weighted by Crippen LogP contribution is 2.11. The fourth-order valence-electron chi connectivity index (χ4n) is 1.57. The average Bonchev–Trinajstić information content (AvgIpc) is 2.70. The maximum absolute atomic E-state index is 11.6. The minimum absolute atomic E-state index is 0.127. The van der Waals surface area contributed by atoms with Crippen molar-refractivity contribution < 1.29 is 14.3 Å². The van der Waals surface area contributed by atoms with Crippen molar-refractivity contribution >= 4 is 5.97 Å². The lowest BCUT2D eigenvalue weighted by Gasteiger charge is -2.04. The van der Waals surface area contributed by atoms with E-state index in [2.05, 4.69) is 0 Å². The largest absolute Gasteiger partial charge is 0.475 e. The molecule has 0 amide bonds. The van der Waals surface area contributed by atoms with Gasteiger partial charge < -0.3 is 14.1 Å². The van der Waals surface area contributed by atoms with Crippen molar-refractivity contribution in [3.8, 4) is 0 Å². The van der Waals surface area contributed by atoms with Crippen LogP contribution >= 0.6 is 0 Å². The molecule has 5 heteroatoms. The molecule has 5 nitrogen and oxygen atoms in total. The minimum Gasteiger partial charge on any atom is -0.475 e. The molecule has 17 heavy (non-hydrogen) atoms. The first-order valence-corrected chi connectivity index (χ1v) is 5.04. The maximum atomic E-state index is 11.6. The average molecular weight is 233 g/mol. The number of carbonyl (C=O) groups is 1. The normalized spacial score (nSPS) is 10.4. The fourth-order valence-corrected chi connectivity index (χ4v) is 1.57. The third-order valence-corrected chi connectivity index (χ3v) is 2.43. The van der Waals surface area contributed by atoms with Gasteiger partial charge in [-0.05, 0) is 24.6 Å². The van der Waals surface area contributed by atoms with Crippen molar-refractivity contribution in [2.45, 2.75) is 13.5 Å². The lowest BCUT2D eigenvalue weighted by Crippen LogP contribution is -2.19. The van der Waals surface area contributed by atoms with Crippen molar-refractivity contribution in [2.24, 2.45) is 0 Å². The number of aromatic nitrogens is 1. The molecule has 0 atom stereocenters. The Morgan fingerprint density at radius 3 is 2.88 bits per heavy atom. The second-order valence-corrected chi connectivity index (χ2v) is 3.75. The van der Waals surface area contributed by atoms with Gasteiger partial charge >= 0.3 is 5.97 Å². The molecular formula is C12H11NO4. The van der Waals surface area contributed by atoms with Gasteiger partial charge in [0.15, 0.2) is 0 Å². The van der Waals surface area contributed by atoms with Crippen LogP contribution in [0.1, 0.15) is 21.7 Å². The van der Waals surface area contributed by atoms with Crippen molar-refractivity contribution in [2.75, 3.05) is 0 Å². The molecule has 0 saturated carbocycles. The first-order valence-electron chi connectivity index (χ1n) is 5.04. The smallest absolute Gasteiger partial charge is 0.372 e. The number of aryl methyl sites for hydroxylation is 1. The van der Waals surface area contributed by atoms with Gasteiger partial charge in [-0.2, -0.15) is 0 Å². The lowest BCUT2D eigenvalue weighted by molar-refractivity contribution is 0.0660. The van der Waals surface area contributed by atoms with Gasteiger partial charge in [0.25, 0.3) is 5.56 Å². The highest BCUT2D eigenvalue weighted by atomic mass is 16.4. The summed E-state index contributed by atoms with van der Waals surface area (Å²) in [7, 11) is 0. The van der Waals surface area contributed by atoms with Gasteiger partial charge in [-0.1, -0.05) is 0 Å². The van der Waals surface area contributed by atoms with Crippen molar-refractivity contribution in [3.05, 3.63) is 57.9 Å². The molecule has 2 rings (SSSR count). The number of aromatic carboxylic acids is 1. The molecule has 0 spiro atoms. The number of nitrogens with zero attached hydrogens (tertiary/aromatic N) is 1. The Morgan fingerprint density at radius 1 is 1.47 bits per heavy atom. The molecule has 2 aromatic rings. The Hall–Kier alpha value is -2.30. The molecule has 0 fully saturated rings. The molecule has 0 unspecified atom stereocenters. The quantitative estimate of drug-likeness (QED) is 0.871. The zero-order valence-electron chi connectivity index (χ0n) is 9.21. The molecule has 0 aliphatic carbocycles. The number of hydrogen-bond acceptors (Lipinski definition) is 3. The van der Waals surface area contributed by atoms with E-state index in [1.165, 1.54) is 16.9 Å². The lowest BCUT2D eigenvalue weighted by atomic mass is 10.2. The third-order valence-electron chi connectivity index (χ3n) is 2.43. The first-order chi connectivity index (χ1) is 8.08. The van der Waals surface area contributed by atoms with Crippen LogP contribution in [0.2, 0.25) is 0 Å². The van der Waals surface area contributed by atoms with Crippen LogP contribution in [0.3, 0.4) is 0 Å². The monoisotopic (exact) mass is 233 g/mol. The van der Waals surface area contributed by atoms with E-state index in [0.717, 1.165) is 5.56 Å². The summed E-state index contributed by atoms with van der Waals surface area (Å²) < 4.78 is 6.28. The zero-order chi connectivity index (χ0) is 12.4. The summed E-state index contributed by atoms with van der Waals surface area (Å²) in [5.74, 6) is -1.26. The van der Waals surface area contributed by atoms with Gasteiger partial charge in [-0.15, -0.1) is 0 Å². The number of pyridine rings is 1. The number of carboxylic acid groups (broad SMARTS) is 1. The van der Waals surface area contributed by atoms with Crippen LogP contribution in [0.5, 0.6) is 0 Å². The molecule has 0 aliphatic heterocycles. The topological polar surface area (TPSA) is 72.4 Å². The molecule has 0 aromatic carbocycles. The van der Waals surface area contributed by atoms with Crippen LogP contribution in [0.25, 0.3) is 0 Å². The van der Waals surface area contributed by atoms with E-state index in [0.29, 0.717) is 5.56 Å². The summed E-state index contributed by atoms with van der Waals surface area (Å²) in [6, 6.07) is 4.85. The summed E-state index contributed by atoms with van der Waals surface area (Å²) in [5.41, 5.74) is 1.18. The number of furan rings is 1. The summed E-state index contributed by atoms with van der Waals surface area (Å²) in [5, 5.41) is 8.86. The van der Waals surface area contributed by atoms with Gasteiger partial charge in [0.1, 0.15) is 0 Å². The van der Waals surface area contributed by atoms with E-state index in [1.54, 1.807) is 18.3 Å². The highest BCUT2D eigenvalue weighted by Gasteiger charge is 2.14. The summed E-state index contributed by atoms with van der Waals surface area (Å²) in [6.45, 7) is 2.02. The number of carboxylic acids is 1. The Balaban J connectivity index is 2.35. The molecule has 0 saturated heterocycles. The zero-order valence-corrected chi connectivity index (χ0v) is 9.21. The SMILES string of the molecule is Cc1ccn(Cc2ccoc2C(=O)O)c(=O)c1. The van der Waals surface area contributed by atoms with E-state index in [4.69, 9.17) is 9.52 Å². The number of rotatable bonds is 3. The second-order valence-electron chi connectivity index (χ2n) is 3.75. The van der Waals surface area contributed by atoms with Gasteiger partial charge in [-0.25, -0.2) is 4.79 Å². The van der Waals surface area contributed by atoms with Crippen molar-refractivity contribution in [3.63, 3.8) is 0 Å². The first kappa shape index (κ1) is 11.2. The van der Waals surface area contributed by atoms with Gasteiger partial charge in [0, 0.05) is 17.8 Å². The Morgan fingerprint density at radius 2 is 2.24 bits per heavy atom. The van der Waals surface area contributed by atoms with Crippen LogP contribution in [0, 0.1) is 6.92 Å². The van der Waals surface area contributed by atoms with Crippen molar-refractivity contribution in [1.29, 1.82) is 0 Å². The van der Waals surface area contributed by atoms with Crippen LogP contribution in [-0.2, 0) is 6.54 Å². The van der Waals surface area contributed by atoms with E-state index in [-0.39, 0.29) is 17.9 Å². The summed E-state index contributed by atoms with van der Waals surface area (Å²) in [6.07, 6.45) is 2.94. The molecule has 2 aromatic heterocycles. The van der Waals surface area contributed by atoms with Crippen LogP contribution in [0.4, 0.5) is 0 Å². The van der Waals surface area contributed by atoms with E-state index in [9.17, 15) is 9.59 Å². The van der Waals surface area contributed by atoms with Crippen LogP contribution < -0.4 is 5.56 Å². The predicted octanol–water partition coefficient (Wildman–Crippen LogP) is 1.50. The number of hydrogen-bond donors (Lipinski definition) is 1. The summed E-state index contributed by atoms with van der Waals surface area (Å²) >= 11 is 0. The molecule has 1 N–H and O–H groups in total. The van der Waals surface area contributed by atoms with E-state index in [1.807, 2.05) is 6.92 Å². The fraction of sp³-hybridized carbons (Fsp3) is 0.167. The van der Waals surface area contributed by atoms with Gasteiger partial charge in [0.05, 0.1) is 12.8 Å². The third kappa shape index (κ3) is 2.28. The molecule has 88 valence electrons. The predicted molar refractivity (Wildman–Crippen MR) is 60.2 cm³/mol. The molecule has 0 radical (unpaired) electrons. The van der Waals surface area contributed by atoms with E-state index < -0.39 is 5.97 Å². The van der Waals surface area contributed by atoms with Crippen molar-refractivity contribution in [1.82, 2.24) is 4.57 Å². The van der Waals surface area contributed by atoms with Crippen LogP contribution in [-0.4, -0.2) is 15.6 Å². The molecule has 2 heterocycles.